The molecule has 0 unspecified atom stereocenters. The van der Waals surface area contributed by atoms with Crippen LogP contribution in [0.4, 0.5) is 4.79 Å². The third kappa shape index (κ3) is 4.94. The van der Waals surface area contributed by atoms with Crippen LogP contribution in [0.3, 0.4) is 0 Å². The maximum atomic E-state index is 12.6. The van der Waals surface area contributed by atoms with Crippen molar-refractivity contribution in [3.8, 4) is 0 Å². The van der Waals surface area contributed by atoms with E-state index in [4.69, 9.17) is 0 Å². The van der Waals surface area contributed by atoms with Crippen molar-refractivity contribution in [1.29, 1.82) is 0 Å². The Morgan fingerprint density at radius 3 is 2.58 bits per heavy atom. The first-order chi connectivity index (χ1) is 15.1. The molecule has 0 saturated carbocycles. The molecule has 1 atom stereocenters. The molecule has 4 amide bonds. The van der Waals surface area contributed by atoms with E-state index < -0.39 is 6.04 Å². The minimum Gasteiger partial charge on any atom is -0.354 e. The van der Waals surface area contributed by atoms with Gasteiger partial charge in [0, 0.05) is 37.8 Å². The number of carbonyl (C=O) groups excluding carboxylic acids is 3. The van der Waals surface area contributed by atoms with Crippen molar-refractivity contribution in [2.24, 2.45) is 0 Å². The highest BCUT2D eigenvalue weighted by Crippen LogP contribution is 2.15. The molecule has 0 bridgehead atoms. The third-order valence-corrected chi connectivity index (χ3v) is 5.59. The first-order valence-corrected chi connectivity index (χ1v) is 10.6. The molecular formula is C24H26N4O3. The number of carbonyl (C=O) groups is 3. The summed E-state index contributed by atoms with van der Waals surface area (Å²) in [6, 6.07) is 18.9. The van der Waals surface area contributed by atoms with E-state index in [2.05, 4.69) is 33.4 Å². The number of rotatable bonds is 9. The molecule has 7 heteroatoms. The average molecular weight is 418 g/mol. The average Bonchev–Trinajstić information content (AvgIpc) is 3.32. The lowest BCUT2D eigenvalue weighted by Gasteiger charge is -2.13. The molecule has 1 saturated heterocycles. The van der Waals surface area contributed by atoms with Gasteiger partial charge in [-0.25, -0.2) is 4.79 Å². The van der Waals surface area contributed by atoms with E-state index in [1.54, 1.807) is 0 Å². The van der Waals surface area contributed by atoms with Gasteiger partial charge in [0.05, 0.1) is 0 Å². The Morgan fingerprint density at radius 2 is 1.74 bits per heavy atom. The van der Waals surface area contributed by atoms with Gasteiger partial charge < -0.3 is 15.2 Å². The Hall–Kier alpha value is -3.61. The lowest BCUT2D eigenvalue weighted by molar-refractivity contribution is -0.127. The maximum Gasteiger partial charge on any atom is 0.324 e. The number of para-hydroxylation sites is 1. The van der Waals surface area contributed by atoms with Crippen molar-refractivity contribution in [2.45, 2.75) is 31.8 Å². The molecule has 1 aromatic heterocycles. The summed E-state index contributed by atoms with van der Waals surface area (Å²) in [6.07, 6.45) is 3.11. The van der Waals surface area contributed by atoms with Gasteiger partial charge in [-0.1, -0.05) is 48.5 Å². The summed E-state index contributed by atoms with van der Waals surface area (Å²) in [5.74, 6) is -0.381. The Kier molecular flexibility index (Phi) is 6.31. The van der Waals surface area contributed by atoms with Gasteiger partial charge in [0.1, 0.15) is 6.04 Å². The number of hydrogen-bond acceptors (Lipinski definition) is 3. The van der Waals surface area contributed by atoms with Crippen molar-refractivity contribution >= 4 is 28.7 Å². The fourth-order valence-corrected chi connectivity index (χ4v) is 3.89. The number of imide groups is 1. The van der Waals surface area contributed by atoms with E-state index in [9.17, 15) is 14.4 Å². The topological polar surface area (TPSA) is 83.4 Å². The number of fused-ring (bicyclic) bond motifs is 1. The van der Waals surface area contributed by atoms with Crippen molar-refractivity contribution in [1.82, 2.24) is 20.1 Å². The number of benzene rings is 2. The summed E-state index contributed by atoms with van der Waals surface area (Å²) in [7, 11) is 0. The molecular weight excluding hydrogens is 392 g/mol. The zero-order valence-corrected chi connectivity index (χ0v) is 17.3. The van der Waals surface area contributed by atoms with Gasteiger partial charge >= 0.3 is 6.03 Å². The summed E-state index contributed by atoms with van der Waals surface area (Å²) in [5.41, 5.74) is 2.20. The van der Waals surface area contributed by atoms with E-state index in [0.717, 1.165) is 11.1 Å². The van der Waals surface area contributed by atoms with Gasteiger partial charge in [-0.3, -0.25) is 14.5 Å². The van der Waals surface area contributed by atoms with Crippen LogP contribution in [-0.2, 0) is 22.6 Å². The molecule has 7 nitrogen and oxygen atoms in total. The molecule has 0 aliphatic carbocycles. The highest BCUT2D eigenvalue weighted by molar-refractivity contribution is 6.04. The van der Waals surface area contributed by atoms with E-state index in [1.807, 2.05) is 48.7 Å². The lowest BCUT2D eigenvalue weighted by Crippen LogP contribution is -2.34. The SMILES string of the molecule is O=C(CC[C@H]1NC(=O)N(CCc2ccccc2)C1=O)NCCn1ccc2ccccc21. The first kappa shape index (κ1) is 20.7. The Labute approximate surface area is 181 Å². The van der Waals surface area contributed by atoms with Crippen LogP contribution < -0.4 is 10.6 Å². The quantitative estimate of drug-likeness (QED) is 0.524. The number of urea groups is 1. The van der Waals surface area contributed by atoms with Crippen LogP contribution in [0.2, 0.25) is 0 Å². The van der Waals surface area contributed by atoms with Crippen molar-refractivity contribution in [2.75, 3.05) is 13.1 Å². The second-order valence-corrected chi connectivity index (χ2v) is 7.68. The zero-order chi connectivity index (χ0) is 21.6. The summed E-state index contributed by atoms with van der Waals surface area (Å²) >= 11 is 0. The molecule has 1 aliphatic heterocycles. The van der Waals surface area contributed by atoms with Crippen molar-refractivity contribution in [3.63, 3.8) is 0 Å². The smallest absolute Gasteiger partial charge is 0.324 e. The monoisotopic (exact) mass is 418 g/mol. The Balaban J connectivity index is 1.20. The van der Waals surface area contributed by atoms with Crippen LogP contribution in [0.5, 0.6) is 0 Å². The maximum absolute atomic E-state index is 12.6. The van der Waals surface area contributed by atoms with Gasteiger partial charge in [-0.15, -0.1) is 0 Å². The highest BCUT2D eigenvalue weighted by Gasteiger charge is 2.37. The van der Waals surface area contributed by atoms with Gasteiger partial charge in [-0.05, 0) is 35.9 Å². The number of nitrogens with one attached hydrogen (secondary N) is 2. The van der Waals surface area contributed by atoms with Crippen LogP contribution in [0, 0.1) is 0 Å². The largest absolute Gasteiger partial charge is 0.354 e. The van der Waals surface area contributed by atoms with Gasteiger partial charge in [-0.2, -0.15) is 0 Å². The third-order valence-electron chi connectivity index (χ3n) is 5.59. The van der Waals surface area contributed by atoms with Crippen LogP contribution in [0.1, 0.15) is 18.4 Å². The molecule has 2 N–H and O–H groups in total. The highest BCUT2D eigenvalue weighted by atomic mass is 16.2. The number of nitrogens with zero attached hydrogens (tertiary/aromatic N) is 2. The number of aromatic nitrogens is 1. The minimum absolute atomic E-state index is 0.124. The molecule has 0 spiro atoms. The fourth-order valence-electron chi connectivity index (χ4n) is 3.89. The predicted octanol–water partition coefficient (Wildman–Crippen LogP) is 2.70. The molecule has 160 valence electrons. The Bertz CT molecular complexity index is 1080. The molecule has 1 aliphatic rings. The second kappa shape index (κ2) is 9.47. The van der Waals surface area contributed by atoms with Gasteiger partial charge in [0.15, 0.2) is 0 Å². The van der Waals surface area contributed by atoms with E-state index in [0.29, 0.717) is 32.5 Å². The second-order valence-electron chi connectivity index (χ2n) is 7.68. The van der Waals surface area contributed by atoms with Gasteiger partial charge in [0.2, 0.25) is 5.91 Å². The van der Waals surface area contributed by atoms with E-state index in [-0.39, 0.29) is 24.3 Å². The molecule has 1 fully saturated rings. The lowest BCUT2D eigenvalue weighted by atomic mass is 10.1. The van der Waals surface area contributed by atoms with Crippen molar-refractivity contribution < 1.29 is 14.4 Å². The molecule has 31 heavy (non-hydrogen) atoms. The van der Waals surface area contributed by atoms with E-state index >= 15 is 0 Å². The molecule has 2 aromatic carbocycles. The standard InChI is InChI=1S/C24H26N4O3/c29-22(25-14-17-27-15-13-19-8-4-5-9-21(19)27)11-10-20-23(30)28(24(31)26-20)16-12-18-6-2-1-3-7-18/h1-9,13,15,20H,10-12,14,16-17H2,(H,25,29)(H,26,31)/t20-/m1/s1. The molecule has 4 rings (SSSR count). The Morgan fingerprint density at radius 1 is 0.968 bits per heavy atom. The zero-order valence-electron chi connectivity index (χ0n) is 17.3. The van der Waals surface area contributed by atoms with Crippen LogP contribution in [-0.4, -0.2) is 46.4 Å². The summed E-state index contributed by atoms with van der Waals surface area (Å²) in [5, 5.41) is 6.76. The molecule has 3 aromatic rings. The minimum atomic E-state index is -0.637. The van der Waals surface area contributed by atoms with Crippen LogP contribution in [0.15, 0.2) is 66.9 Å². The summed E-state index contributed by atoms with van der Waals surface area (Å²) in [6.45, 7) is 1.51. The first-order valence-electron chi connectivity index (χ1n) is 10.6. The fraction of sp³-hybridized carbons (Fsp3) is 0.292. The van der Waals surface area contributed by atoms with Crippen LogP contribution >= 0.6 is 0 Å². The molecule has 0 radical (unpaired) electrons. The normalized spacial score (nSPS) is 16.0. The van der Waals surface area contributed by atoms with Crippen molar-refractivity contribution in [3.05, 3.63) is 72.4 Å². The summed E-state index contributed by atoms with van der Waals surface area (Å²) in [4.78, 5) is 38.2. The molecule has 2 heterocycles. The predicted molar refractivity (Wildman–Crippen MR) is 118 cm³/mol. The number of hydrogen-bond donors (Lipinski definition) is 2. The summed E-state index contributed by atoms with van der Waals surface area (Å²) < 4.78 is 2.10. The van der Waals surface area contributed by atoms with Crippen LogP contribution in [0.25, 0.3) is 10.9 Å². The van der Waals surface area contributed by atoms with E-state index in [1.165, 1.54) is 10.3 Å². The number of amides is 4. The van der Waals surface area contributed by atoms with Gasteiger partial charge in [0.25, 0.3) is 5.91 Å².